The van der Waals surface area contributed by atoms with Crippen molar-refractivity contribution >= 4 is 11.6 Å². The summed E-state index contributed by atoms with van der Waals surface area (Å²) in [6.45, 7) is 5.68. The highest BCUT2D eigenvalue weighted by atomic mass is 35.5. The Hall–Kier alpha value is -0.730. The van der Waals surface area contributed by atoms with Crippen molar-refractivity contribution in [1.29, 1.82) is 0 Å². The molecule has 2 rings (SSSR count). The summed E-state index contributed by atoms with van der Waals surface area (Å²) < 4.78 is 5.80. The number of nitrogens with zero attached hydrogens (tertiary/aromatic N) is 1. The maximum Gasteiger partial charge on any atom is 0.142 e. The molecule has 0 amide bonds. The van der Waals surface area contributed by atoms with Crippen molar-refractivity contribution in [3.63, 3.8) is 0 Å². The lowest BCUT2D eigenvalue weighted by atomic mass is 9.95. The fraction of sp³-hybridized carbons (Fsp3) is 0.684. The van der Waals surface area contributed by atoms with Gasteiger partial charge in [-0.1, -0.05) is 49.8 Å². The van der Waals surface area contributed by atoms with Crippen LogP contribution in [0.25, 0.3) is 0 Å². The van der Waals surface area contributed by atoms with Gasteiger partial charge in [0.1, 0.15) is 5.75 Å². The monoisotopic (exact) mass is 323 g/mol. The zero-order chi connectivity index (χ0) is 15.9. The lowest BCUT2D eigenvalue weighted by Gasteiger charge is -2.30. The highest BCUT2D eigenvalue weighted by molar-refractivity contribution is 6.32. The smallest absolute Gasteiger partial charge is 0.142 e. The van der Waals surface area contributed by atoms with Gasteiger partial charge in [-0.3, -0.25) is 4.90 Å². The van der Waals surface area contributed by atoms with Gasteiger partial charge in [0.05, 0.1) is 11.6 Å². The van der Waals surface area contributed by atoms with E-state index in [4.69, 9.17) is 16.3 Å². The van der Waals surface area contributed by atoms with Crippen molar-refractivity contribution in [2.45, 2.75) is 71.4 Å². The number of ether oxygens (including phenoxy) is 1. The van der Waals surface area contributed by atoms with E-state index in [1.165, 1.54) is 56.1 Å². The summed E-state index contributed by atoms with van der Waals surface area (Å²) in [5.41, 5.74) is 2.42. The second-order valence-electron chi connectivity index (χ2n) is 6.58. The molecule has 0 aromatic heterocycles. The Morgan fingerprint density at radius 1 is 1.14 bits per heavy atom. The first-order valence-corrected chi connectivity index (χ1v) is 9.11. The normalized spacial score (nSPS) is 17.3. The van der Waals surface area contributed by atoms with Crippen LogP contribution in [0.1, 0.15) is 63.0 Å². The molecule has 1 fully saturated rings. The number of hydrogen-bond donors (Lipinski definition) is 0. The largest absolute Gasteiger partial charge is 0.492 e. The quantitative estimate of drug-likeness (QED) is 0.700. The first-order chi connectivity index (χ1) is 10.6. The van der Waals surface area contributed by atoms with Crippen LogP contribution in [-0.4, -0.2) is 24.6 Å². The fourth-order valence-electron chi connectivity index (χ4n) is 3.50. The van der Waals surface area contributed by atoms with Crippen molar-refractivity contribution in [2.75, 3.05) is 13.7 Å². The minimum Gasteiger partial charge on any atom is -0.492 e. The Kier molecular flexibility index (Phi) is 7.04. The van der Waals surface area contributed by atoms with Gasteiger partial charge in [0, 0.05) is 18.2 Å². The summed E-state index contributed by atoms with van der Waals surface area (Å²) in [5, 5.41) is 0.739. The molecule has 2 nitrogen and oxygen atoms in total. The highest BCUT2D eigenvalue weighted by Gasteiger charge is 2.19. The van der Waals surface area contributed by atoms with E-state index in [2.05, 4.69) is 24.9 Å². The molecule has 0 bridgehead atoms. The zero-order valence-corrected chi connectivity index (χ0v) is 15.1. The minimum atomic E-state index is 0.656. The summed E-state index contributed by atoms with van der Waals surface area (Å²) in [5.74, 6) is 0.868. The Morgan fingerprint density at radius 3 is 2.41 bits per heavy atom. The number of aryl methyl sites for hydroxylation is 1. The first-order valence-electron chi connectivity index (χ1n) is 8.74. The first kappa shape index (κ1) is 17.6. The number of benzene rings is 1. The maximum absolute atomic E-state index is 6.39. The van der Waals surface area contributed by atoms with Gasteiger partial charge < -0.3 is 4.74 Å². The predicted molar refractivity (Wildman–Crippen MR) is 94.9 cm³/mol. The summed E-state index contributed by atoms with van der Waals surface area (Å²) in [6.07, 6.45) is 9.57. The van der Waals surface area contributed by atoms with Crippen molar-refractivity contribution in [3.05, 3.63) is 28.3 Å². The fourth-order valence-corrected chi connectivity index (χ4v) is 3.85. The van der Waals surface area contributed by atoms with Crippen LogP contribution >= 0.6 is 11.6 Å². The Labute approximate surface area is 140 Å². The van der Waals surface area contributed by atoms with Gasteiger partial charge in [-0.25, -0.2) is 0 Å². The average molecular weight is 324 g/mol. The van der Waals surface area contributed by atoms with Gasteiger partial charge in [0.2, 0.25) is 0 Å². The summed E-state index contributed by atoms with van der Waals surface area (Å²) in [4.78, 5) is 2.50. The topological polar surface area (TPSA) is 12.5 Å². The van der Waals surface area contributed by atoms with E-state index in [1.54, 1.807) is 0 Å². The summed E-state index contributed by atoms with van der Waals surface area (Å²) >= 11 is 6.39. The van der Waals surface area contributed by atoms with E-state index in [0.29, 0.717) is 12.6 Å². The Balaban J connectivity index is 2.10. The molecule has 3 heteroatoms. The molecule has 22 heavy (non-hydrogen) atoms. The van der Waals surface area contributed by atoms with E-state index in [1.807, 2.05) is 13.0 Å². The van der Waals surface area contributed by atoms with E-state index in [0.717, 1.165) is 17.3 Å². The van der Waals surface area contributed by atoms with E-state index in [9.17, 15) is 0 Å². The van der Waals surface area contributed by atoms with Gasteiger partial charge in [0.15, 0.2) is 0 Å². The van der Waals surface area contributed by atoms with Gasteiger partial charge in [-0.05, 0) is 45.4 Å². The van der Waals surface area contributed by atoms with E-state index in [-0.39, 0.29) is 0 Å². The van der Waals surface area contributed by atoms with Crippen LogP contribution in [0.2, 0.25) is 5.02 Å². The molecule has 0 heterocycles. The molecule has 0 saturated heterocycles. The second kappa shape index (κ2) is 8.79. The molecule has 0 unspecified atom stereocenters. The third-order valence-corrected chi connectivity index (χ3v) is 4.95. The summed E-state index contributed by atoms with van der Waals surface area (Å²) in [7, 11) is 2.25. The molecule has 124 valence electrons. The zero-order valence-electron chi connectivity index (χ0n) is 14.3. The molecule has 1 aromatic rings. The van der Waals surface area contributed by atoms with Crippen LogP contribution in [-0.2, 0) is 6.54 Å². The molecule has 0 spiro atoms. The van der Waals surface area contributed by atoms with Crippen LogP contribution in [0.3, 0.4) is 0 Å². The minimum absolute atomic E-state index is 0.656. The third kappa shape index (κ3) is 4.89. The standard InChI is InChI=1S/C19H30ClNO/c1-4-22-19-16(12-15(2)13-18(19)20)14-21(3)17-10-8-6-5-7-9-11-17/h12-13,17H,4-11,14H2,1-3H3. The molecular weight excluding hydrogens is 294 g/mol. The average Bonchev–Trinajstić information content (AvgIpc) is 2.42. The molecule has 1 saturated carbocycles. The Morgan fingerprint density at radius 2 is 1.77 bits per heavy atom. The third-order valence-electron chi connectivity index (χ3n) is 4.67. The van der Waals surface area contributed by atoms with E-state index < -0.39 is 0 Å². The molecular formula is C19H30ClNO. The van der Waals surface area contributed by atoms with Gasteiger partial charge in [-0.15, -0.1) is 0 Å². The van der Waals surface area contributed by atoms with Crippen molar-refractivity contribution in [1.82, 2.24) is 4.90 Å². The van der Waals surface area contributed by atoms with Crippen LogP contribution in [0, 0.1) is 6.92 Å². The highest BCUT2D eigenvalue weighted by Crippen LogP contribution is 2.32. The maximum atomic E-state index is 6.39. The molecule has 0 radical (unpaired) electrons. The Bertz CT molecular complexity index is 467. The van der Waals surface area contributed by atoms with Crippen LogP contribution in [0.15, 0.2) is 12.1 Å². The second-order valence-corrected chi connectivity index (χ2v) is 6.99. The number of hydrogen-bond acceptors (Lipinski definition) is 2. The lowest BCUT2D eigenvalue weighted by Crippen LogP contribution is -2.32. The van der Waals surface area contributed by atoms with Gasteiger partial charge >= 0.3 is 0 Å². The molecule has 1 aromatic carbocycles. The van der Waals surface area contributed by atoms with Crippen LogP contribution in [0.5, 0.6) is 5.75 Å². The van der Waals surface area contributed by atoms with E-state index >= 15 is 0 Å². The van der Waals surface area contributed by atoms with Crippen LogP contribution in [0.4, 0.5) is 0 Å². The molecule has 1 aliphatic carbocycles. The van der Waals surface area contributed by atoms with Crippen molar-refractivity contribution in [3.8, 4) is 5.75 Å². The predicted octanol–water partition coefficient (Wildman–Crippen LogP) is 5.59. The summed E-state index contributed by atoms with van der Waals surface area (Å²) in [6, 6.07) is 4.90. The van der Waals surface area contributed by atoms with Gasteiger partial charge in [-0.2, -0.15) is 0 Å². The molecule has 0 aliphatic heterocycles. The number of halogens is 1. The lowest BCUT2D eigenvalue weighted by molar-refractivity contribution is 0.193. The number of rotatable bonds is 5. The van der Waals surface area contributed by atoms with Crippen LogP contribution < -0.4 is 4.74 Å². The molecule has 1 aliphatic rings. The van der Waals surface area contributed by atoms with Crippen molar-refractivity contribution in [2.24, 2.45) is 0 Å². The molecule has 0 atom stereocenters. The van der Waals surface area contributed by atoms with Gasteiger partial charge in [0.25, 0.3) is 0 Å². The SMILES string of the molecule is CCOc1c(Cl)cc(C)cc1CN(C)C1CCCCCCC1. The molecule has 0 N–H and O–H groups in total. The van der Waals surface area contributed by atoms with Crippen molar-refractivity contribution < 1.29 is 4.74 Å².